The fraction of sp³-hybridized carbons (Fsp3) is 1.00. The van der Waals surface area contributed by atoms with Crippen LogP contribution in [0.1, 0.15) is 60.3 Å². The van der Waals surface area contributed by atoms with E-state index in [0.717, 1.165) is 18.5 Å². The van der Waals surface area contributed by atoms with Crippen LogP contribution in [0.3, 0.4) is 0 Å². The summed E-state index contributed by atoms with van der Waals surface area (Å²) in [5, 5.41) is 3.57. The van der Waals surface area contributed by atoms with Crippen molar-refractivity contribution in [2.75, 3.05) is 13.1 Å². The molecular formula is C15H32N2. The lowest BCUT2D eigenvalue weighted by Gasteiger charge is -2.37. The van der Waals surface area contributed by atoms with Crippen LogP contribution in [-0.4, -0.2) is 36.1 Å². The summed E-state index contributed by atoms with van der Waals surface area (Å²) in [4.78, 5) is 2.74. The Bertz CT molecular complexity index is 203. The summed E-state index contributed by atoms with van der Waals surface area (Å²) < 4.78 is 0. The third kappa shape index (κ3) is 4.97. The number of likely N-dealkylation sites (tertiary alicyclic amines) is 1. The molecule has 0 bridgehead atoms. The van der Waals surface area contributed by atoms with Crippen LogP contribution < -0.4 is 5.32 Å². The molecule has 1 aliphatic heterocycles. The fourth-order valence-electron chi connectivity index (χ4n) is 2.82. The second-order valence-electron chi connectivity index (χ2n) is 6.22. The molecule has 0 spiro atoms. The van der Waals surface area contributed by atoms with Crippen molar-refractivity contribution in [3.8, 4) is 0 Å². The zero-order valence-corrected chi connectivity index (χ0v) is 12.5. The van der Waals surface area contributed by atoms with E-state index >= 15 is 0 Å². The normalized spacial score (nSPS) is 26.8. The quantitative estimate of drug-likeness (QED) is 0.793. The van der Waals surface area contributed by atoms with Gasteiger partial charge in [0.2, 0.25) is 0 Å². The van der Waals surface area contributed by atoms with E-state index in [1.54, 1.807) is 0 Å². The van der Waals surface area contributed by atoms with Gasteiger partial charge in [-0.15, -0.1) is 0 Å². The molecule has 17 heavy (non-hydrogen) atoms. The van der Waals surface area contributed by atoms with E-state index in [1.165, 1.54) is 32.2 Å². The first-order valence-electron chi connectivity index (χ1n) is 7.51. The van der Waals surface area contributed by atoms with Crippen molar-refractivity contribution in [1.82, 2.24) is 10.2 Å². The molecule has 3 unspecified atom stereocenters. The predicted octanol–water partition coefficient (Wildman–Crippen LogP) is 3.27. The van der Waals surface area contributed by atoms with Gasteiger partial charge in [-0.3, -0.25) is 4.90 Å². The highest BCUT2D eigenvalue weighted by Gasteiger charge is 2.25. The predicted molar refractivity (Wildman–Crippen MR) is 76.4 cm³/mol. The molecule has 2 nitrogen and oxygen atoms in total. The average molecular weight is 240 g/mol. The van der Waals surface area contributed by atoms with Crippen LogP contribution in [0.4, 0.5) is 0 Å². The molecule has 0 radical (unpaired) electrons. The lowest BCUT2D eigenvalue weighted by atomic mass is 9.99. The minimum absolute atomic E-state index is 0.603. The summed E-state index contributed by atoms with van der Waals surface area (Å²) >= 11 is 0. The van der Waals surface area contributed by atoms with Crippen LogP contribution in [0, 0.1) is 5.92 Å². The largest absolute Gasteiger partial charge is 0.314 e. The van der Waals surface area contributed by atoms with Crippen LogP contribution in [0.5, 0.6) is 0 Å². The van der Waals surface area contributed by atoms with Gasteiger partial charge >= 0.3 is 0 Å². The summed E-state index contributed by atoms with van der Waals surface area (Å²) in [6, 6.07) is 2.08. The lowest BCUT2D eigenvalue weighted by Crippen LogP contribution is -2.46. The van der Waals surface area contributed by atoms with Crippen molar-refractivity contribution in [3.63, 3.8) is 0 Å². The highest BCUT2D eigenvalue weighted by atomic mass is 15.2. The van der Waals surface area contributed by atoms with Gasteiger partial charge < -0.3 is 5.32 Å². The van der Waals surface area contributed by atoms with Gasteiger partial charge in [-0.25, -0.2) is 0 Å². The molecule has 1 saturated heterocycles. The Balaban J connectivity index is 2.45. The average Bonchev–Trinajstić information content (AvgIpc) is 2.49. The van der Waals surface area contributed by atoms with E-state index < -0.39 is 0 Å². The molecule has 0 aliphatic carbocycles. The molecule has 2 heteroatoms. The van der Waals surface area contributed by atoms with Crippen molar-refractivity contribution < 1.29 is 0 Å². The maximum Gasteiger partial charge on any atom is 0.0107 e. The summed E-state index contributed by atoms with van der Waals surface area (Å²) in [5.74, 6) is 0.734. The number of nitrogens with zero attached hydrogens (tertiary/aromatic N) is 1. The topological polar surface area (TPSA) is 15.3 Å². The zero-order valence-electron chi connectivity index (χ0n) is 12.5. The van der Waals surface area contributed by atoms with Crippen LogP contribution in [0.2, 0.25) is 0 Å². The van der Waals surface area contributed by atoms with Crippen molar-refractivity contribution in [2.45, 2.75) is 78.4 Å². The van der Waals surface area contributed by atoms with Gasteiger partial charge in [-0.2, -0.15) is 0 Å². The lowest BCUT2D eigenvalue weighted by molar-refractivity contribution is 0.117. The summed E-state index contributed by atoms with van der Waals surface area (Å²) in [7, 11) is 0. The summed E-state index contributed by atoms with van der Waals surface area (Å²) in [6.07, 6.45) is 5.61. The molecule has 1 rings (SSSR count). The van der Waals surface area contributed by atoms with Crippen LogP contribution in [0.25, 0.3) is 0 Å². The van der Waals surface area contributed by atoms with Gasteiger partial charge in [0.05, 0.1) is 0 Å². The van der Waals surface area contributed by atoms with Crippen LogP contribution in [-0.2, 0) is 0 Å². The number of hydrogen-bond acceptors (Lipinski definition) is 2. The Labute approximate surface area is 108 Å². The Kier molecular flexibility index (Phi) is 6.50. The molecule has 0 aromatic rings. The van der Waals surface area contributed by atoms with Gasteiger partial charge in [-0.1, -0.05) is 33.6 Å². The molecule has 1 fully saturated rings. The fourth-order valence-corrected chi connectivity index (χ4v) is 2.82. The summed E-state index contributed by atoms with van der Waals surface area (Å²) in [5.41, 5.74) is 0. The molecule has 0 aromatic carbocycles. The molecule has 3 atom stereocenters. The minimum atomic E-state index is 0.603. The molecule has 0 saturated carbocycles. The summed E-state index contributed by atoms with van der Waals surface area (Å²) in [6.45, 7) is 14.1. The van der Waals surface area contributed by atoms with E-state index in [9.17, 15) is 0 Å². The molecule has 0 amide bonds. The molecule has 1 N–H and O–H groups in total. The molecule has 1 aliphatic rings. The Morgan fingerprint density at radius 3 is 2.47 bits per heavy atom. The highest BCUT2D eigenvalue weighted by molar-refractivity contribution is 4.81. The first-order chi connectivity index (χ1) is 8.02. The van der Waals surface area contributed by atoms with Crippen molar-refractivity contribution in [3.05, 3.63) is 0 Å². The molecule has 102 valence electrons. The maximum atomic E-state index is 3.57. The van der Waals surface area contributed by atoms with Gasteiger partial charge in [0.1, 0.15) is 0 Å². The van der Waals surface area contributed by atoms with E-state index in [2.05, 4.69) is 44.8 Å². The van der Waals surface area contributed by atoms with E-state index in [0.29, 0.717) is 12.1 Å². The third-order valence-electron chi connectivity index (χ3n) is 4.30. The second-order valence-corrected chi connectivity index (χ2v) is 6.22. The number of rotatable bonds is 5. The highest BCUT2D eigenvalue weighted by Crippen LogP contribution is 2.22. The first kappa shape index (κ1) is 15.0. The smallest absolute Gasteiger partial charge is 0.0107 e. The van der Waals surface area contributed by atoms with E-state index in [1.807, 2.05) is 0 Å². The molecular weight excluding hydrogens is 208 g/mol. The van der Waals surface area contributed by atoms with Gasteiger partial charge in [0, 0.05) is 18.1 Å². The molecule has 1 heterocycles. The van der Waals surface area contributed by atoms with Gasteiger partial charge in [0.25, 0.3) is 0 Å². The third-order valence-corrected chi connectivity index (χ3v) is 4.30. The van der Waals surface area contributed by atoms with Crippen molar-refractivity contribution in [1.29, 1.82) is 0 Å². The Morgan fingerprint density at radius 1 is 1.12 bits per heavy atom. The Morgan fingerprint density at radius 2 is 1.82 bits per heavy atom. The molecule has 0 aromatic heterocycles. The standard InChI is InChI=1S/C15H32N2/c1-12(2)16-11-13(3)15(5)17-10-8-6-7-9-14(17)4/h12-16H,6-11H2,1-5H3. The van der Waals surface area contributed by atoms with Crippen molar-refractivity contribution in [2.24, 2.45) is 5.92 Å². The van der Waals surface area contributed by atoms with Crippen LogP contribution >= 0.6 is 0 Å². The first-order valence-corrected chi connectivity index (χ1v) is 7.51. The number of hydrogen-bond donors (Lipinski definition) is 1. The van der Waals surface area contributed by atoms with Crippen LogP contribution in [0.15, 0.2) is 0 Å². The number of nitrogens with one attached hydrogen (secondary N) is 1. The zero-order chi connectivity index (χ0) is 12.8. The van der Waals surface area contributed by atoms with E-state index in [-0.39, 0.29) is 0 Å². The maximum absolute atomic E-state index is 3.57. The Hall–Kier alpha value is -0.0800. The second kappa shape index (κ2) is 7.38. The van der Waals surface area contributed by atoms with Gasteiger partial charge in [0.15, 0.2) is 0 Å². The van der Waals surface area contributed by atoms with Gasteiger partial charge in [-0.05, 0) is 45.7 Å². The monoisotopic (exact) mass is 240 g/mol. The minimum Gasteiger partial charge on any atom is -0.314 e. The SMILES string of the molecule is CC(C)NCC(C)C(C)N1CCCCCC1C. The van der Waals surface area contributed by atoms with E-state index in [4.69, 9.17) is 0 Å². The van der Waals surface area contributed by atoms with Crippen molar-refractivity contribution >= 4 is 0 Å².